The minimum absolute atomic E-state index is 0.0108. The molecule has 0 saturated heterocycles. The molecule has 0 unspecified atom stereocenters. The lowest BCUT2D eigenvalue weighted by atomic mass is 10.1. The highest BCUT2D eigenvalue weighted by atomic mass is 32.1. The van der Waals surface area contributed by atoms with Crippen LogP contribution in [0.3, 0.4) is 0 Å². The van der Waals surface area contributed by atoms with Crippen LogP contribution in [0.15, 0.2) is 29.4 Å². The number of anilines is 1. The first-order valence-electron chi connectivity index (χ1n) is 8.36. The molecule has 0 aliphatic carbocycles. The number of methoxy groups -OCH3 is 1. The summed E-state index contributed by atoms with van der Waals surface area (Å²) >= 11 is 1.27. The maximum Gasteiger partial charge on any atom is 0.227 e. The lowest BCUT2D eigenvalue weighted by Crippen LogP contribution is -2.03. The van der Waals surface area contributed by atoms with E-state index in [-0.39, 0.29) is 12.1 Å². The minimum atomic E-state index is -0.800. The zero-order valence-corrected chi connectivity index (χ0v) is 16.6. The normalized spacial score (nSPS) is 12.2. The fourth-order valence-corrected chi connectivity index (χ4v) is 3.41. The minimum Gasteiger partial charge on any atom is -0.493 e. The molecule has 0 atom stereocenters. The van der Waals surface area contributed by atoms with Crippen molar-refractivity contribution in [1.82, 2.24) is 20.6 Å². The van der Waals surface area contributed by atoms with Crippen molar-refractivity contribution in [3.05, 3.63) is 39.9 Å². The summed E-state index contributed by atoms with van der Waals surface area (Å²) in [4.78, 5) is 15.6. The molecule has 0 spiro atoms. The van der Waals surface area contributed by atoms with E-state index in [1.54, 1.807) is 20.4 Å². The largest absolute Gasteiger partial charge is 0.493 e. The van der Waals surface area contributed by atoms with E-state index in [1.807, 2.05) is 6.08 Å². The van der Waals surface area contributed by atoms with Crippen molar-refractivity contribution < 1.29 is 13.9 Å². The molecule has 154 valence electrons. The van der Waals surface area contributed by atoms with Gasteiger partial charge in [-0.15, -0.1) is 11.3 Å². The summed E-state index contributed by atoms with van der Waals surface area (Å²) in [5.74, 6) is 0.346. The van der Waals surface area contributed by atoms with Crippen LogP contribution >= 0.6 is 11.3 Å². The van der Waals surface area contributed by atoms with Gasteiger partial charge >= 0.3 is 0 Å². The molecule has 12 heteroatoms. The van der Waals surface area contributed by atoms with E-state index in [0.717, 1.165) is 6.20 Å². The quantitative estimate of drug-likeness (QED) is 0.211. The van der Waals surface area contributed by atoms with Gasteiger partial charge in [0, 0.05) is 31.7 Å². The molecule has 0 aliphatic rings. The number of carbonyl (C=O) groups is 1. The Morgan fingerprint density at radius 2 is 2.34 bits per heavy atom. The Bertz CT molecular complexity index is 947. The molecule has 0 radical (unpaired) electrons. The molecule has 2 heterocycles. The van der Waals surface area contributed by atoms with Crippen molar-refractivity contribution >= 4 is 41.1 Å². The van der Waals surface area contributed by atoms with Crippen LogP contribution < -0.4 is 21.2 Å². The first-order chi connectivity index (χ1) is 14.0. The summed E-state index contributed by atoms with van der Waals surface area (Å²) in [5, 5.41) is 22.0. The number of nitrogens with zero attached hydrogens (tertiary/aromatic N) is 3. The molecule has 1 amide bonds. The Balaban J connectivity index is 2.37. The number of aromatic nitrogens is 3. The first-order valence-corrected chi connectivity index (χ1v) is 9.17. The average Bonchev–Trinajstić information content (AvgIpc) is 3.36. The predicted molar refractivity (Wildman–Crippen MR) is 111 cm³/mol. The van der Waals surface area contributed by atoms with Gasteiger partial charge in [-0.25, -0.2) is 14.8 Å². The van der Waals surface area contributed by atoms with Crippen LogP contribution in [0.1, 0.15) is 15.6 Å². The SMILES string of the molecule is CNc1nc(CC(=N)/C(F)=C\N)sc1C(/C=N\NC=O)=C/Cc1n[nH]cc1OC. The number of allylic oxidation sites excluding steroid dienone is 3. The predicted octanol–water partition coefficient (Wildman–Crippen LogP) is 1.61. The van der Waals surface area contributed by atoms with Crippen molar-refractivity contribution in [2.24, 2.45) is 10.8 Å². The molecular formula is C17H21FN8O2S. The van der Waals surface area contributed by atoms with Gasteiger partial charge in [0.15, 0.2) is 11.6 Å². The lowest BCUT2D eigenvalue weighted by molar-refractivity contribution is -0.109. The maximum absolute atomic E-state index is 13.5. The van der Waals surface area contributed by atoms with E-state index in [4.69, 9.17) is 15.9 Å². The zero-order chi connectivity index (χ0) is 21.2. The Hall–Kier alpha value is -3.54. The number of rotatable bonds is 11. The molecule has 0 bridgehead atoms. The van der Waals surface area contributed by atoms with Crippen LogP contribution in [-0.4, -0.2) is 47.7 Å². The van der Waals surface area contributed by atoms with Crippen LogP contribution in [0.4, 0.5) is 10.2 Å². The highest BCUT2D eigenvalue weighted by Crippen LogP contribution is 2.31. The van der Waals surface area contributed by atoms with Gasteiger partial charge in [0.1, 0.15) is 16.5 Å². The summed E-state index contributed by atoms with van der Waals surface area (Å²) in [7, 11) is 3.25. The molecule has 6 N–H and O–H groups in total. The number of H-pyrrole nitrogens is 1. The third-order valence-electron chi connectivity index (χ3n) is 3.68. The summed E-state index contributed by atoms with van der Waals surface area (Å²) in [6, 6.07) is 0. The molecule has 10 nitrogen and oxygen atoms in total. The van der Waals surface area contributed by atoms with E-state index >= 15 is 0 Å². The Kier molecular flexibility index (Phi) is 8.03. The number of halogens is 1. The molecule has 0 fully saturated rings. The highest BCUT2D eigenvalue weighted by Gasteiger charge is 2.16. The van der Waals surface area contributed by atoms with Crippen LogP contribution in [0, 0.1) is 5.41 Å². The molecule has 2 rings (SSSR count). The Labute approximate surface area is 170 Å². The zero-order valence-electron chi connectivity index (χ0n) is 15.8. The van der Waals surface area contributed by atoms with E-state index < -0.39 is 5.83 Å². The van der Waals surface area contributed by atoms with Gasteiger partial charge < -0.3 is 21.2 Å². The first kappa shape index (κ1) is 21.8. The standard InChI is InChI=1S/C17H21FN8O2S/c1-21-17-16(29-15(25-17)5-12(20)11(18)6-19)10(7-22-24-9-27)3-4-13-14(28-2)8-23-26-13/h3,6-9,20-21H,4-5,19H2,1-2H3,(H,23,26)(H,24,27)/b10-3+,11-6+,20-12?,22-7-. The number of hydrogen-bond acceptors (Lipinski definition) is 9. The molecule has 2 aromatic heterocycles. The number of amides is 1. The van der Waals surface area contributed by atoms with Gasteiger partial charge in [-0.1, -0.05) is 6.08 Å². The average molecular weight is 420 g/mol. The van der Waals surface area contributed by atoms with E-state index in [1.165, 1.54) is 17.6 Å². The second kappa shape index (κ2) is 10.7. The van der Waals surface area contributed by atoms with Crippen molar-refractivity contribution in [3.63, 3.8) is 0 Å². The number of aromatic amines is 1. The number of hydrogen-bond donors (Lipinski definition) is 5. The van der Waals surface area contributed by atoms with Gasteiger partial charge in [-0.3, -0.25) is 9.89 Å². The van der Waals surface area contributed by atoms with Gasteiger partial charge in [0.2, 0.25) is 6.41 Å². The Morgan fingerprint density at radius 3 is 3.00 bits per heavy atom. The number of thiazole rings is 1. The van der Waals surface area contributed by atoms with Crippen molar-refractivity contribution in [2.45, 2.75) is 12.8 Å². The number of carbonyl (C=O) groups excluding carboxylic acids is 1. The Morgan fingerprint density at radius 1 is 1.55 bits per heavy atom. The monoisotopic (exact) mass is 420 g/mol. The van der Waals surface area contributed by atoms with Crippen LogP contribution in [0.5, 0.6) is 5.75 Å². The smallest absolute Gasteiger partial charge is 0.227 e. The number of nitrogens with two attached hydrogens (primary N) is 1. The van der Waals surface area contributed by atoms with E-state index in [0.29, 0.717) is 45.6 Å². The van der Waals surface area contributed by atoms with Gasteiger partial charge in [0.25, 0.3) is 0 Å². The van der Waals surface area contributed by atoms with E-state index in [9.17, 15) is 9.18 Å². The molecule has 29 heavy (non-hydrogen) atoms. The summed E-state index contributed by atoms with van der Waals surface area (Å²) in [6.45, 7) is 0. The van der Waals surface area contributed by atoms with Gasteiger partial charge in [-0.2, -0.15) is 10.2 Å². The summed E-state index contributed by atoms with van der Waals surface area (Å²) < 4.78 is 18.7. The third kappa shape index (κ3) is 5.72. The van der Waals surface area contributed by atoms with E-state index in [2.05, 4.69) is 31.0 Å². The highest BCUT2D eigenvalue weighted by molar-refractivity contribution is 7.13. The number of ether oxygens (including phenoxy) is 1. The van der Waals surface area contributed by atoms with Gasteiger partial charge in [0.05, 0.1) is 30.1 Å². The summed E-state index contributed by atoms with van der Waals surface area (Å²) in [6.07, 6.45) is 6.56. The second-order valence-electron chi connectivity index (χ2n) is 5.47. The van der Waals surface area contributed by atoms with Crippen molar-refractivity contribution in [2.75, 3.05) is 19.5 Å². The van der Waals surface area contributed by atoms with Crippen LogP contribution in [0.2, 0.25) is 0 Å². The van der Waals surface area contributed by atoms with Gasteiger partial charge in [-0.05, 0) is 0 Å². The number of nitrogens with one attached hydrogen (secondary N) is 4. The van der Waals surface area contributed by atoms with Crippen LogP contribution in [0.25, 0.3) is 5.57 Å². The summed E-state index contributed by atoms with van der Waals surface area (Å²) in [5.41, 5.74) is 8.43. The van der Waals surface area contributed by atoms with Crippen molar-refractivity contribution in [3.8, 4) is 5.75 Å². The fraction of sp³-hybridized carbons (Fsp3) is 0.235. The molecule has 2 aromatic rings. The third-order valence-corrected chi connectivity index (χ3v) is 4.78. The topological polar surface area (TPSA) is 154 Å². The number of hydrazone groups is 1. The molecule has 0 aromatic carbocycles. The fourth-order valence-electron chi connectivity index (χ4n) is 2.32. The molecule has 0 saturated carbocycles. The van der Waals surface area contributed by atoms with Crippen LogP contribution in [-0.2, 0) is 17.6 Å². The maximum atomic E-state index is 13.5. The second-order valence-corrected chi connectivity index (χ2v) is 6.56. The van der Waals surface area contributed by atoms with Crippen molar-refractivity contribution in [1.29, 1.82) is 5.41 Å². The molecule has 0 aliphatic heterocycles. The molecular weight excluding hydrogens is 399 g/mol. The lowest BCUT2D eigenvalue weighted by Gasteiger charge is -2.03.